The summed E-state index contributed by atoms with van der Waals surface area (Å²) in [6.45, 7) is 9.81. The van der Waals surface area contributed by atoms with Crippen LogP contribution in [0.3, 0.4) is 0 Å². The van der Waals surface area contributed by atoms with Crippen LogP contribution in [0.4, 0.5) is 0 Å². The Balaban J connectivity index is 3.92. The Morgan fingerprint density at radius 1 is 1.11 bits per heavy atom. The van der Waals surface area contributed by atoms with Gasteiger partial charge in [-0.15, -0.1) is 0 Å². The van der Waals surface area contributed by atoms with E-state index in [2.05, 4.69) is 19.2 Å². The van der Waals surface area contributed by atoms with Gasteiger partial charge in [0.25, 0.3) is 0 Å². The molecule has 0 unspecified atom stereocenters. The Bertz CT molecular complexity index is 226. The first kappa shape index (κ1) is 17.4. The van der Waals surface area contributed by atoms with Crippen LogP contribution in [0.15, 0.2) is 0 Å². The number of hydrogen-bond donors (Lipinski definition) is 3. The van der Waals surface area contributed by atoms with Crippen LogP contribution in [0.1, 0.15) is 53.4 Å². The molecular formula is C14H30N2O2. The number of hydrogen-bond acceptors (Lipinski definition) is 3. The van der Waals surface area contributed by atoms with Crippen molar-refractivity contribution in [2.45, 2.75) is 53.4 Å². The maximum Gasteiger partial charge on any atom is 0.220 e. The van der Waals surface area contributed by atoms with Crippen molar-refractivity contribution in [3.05, 3.63) is 0 Å². The number of nitrogens with one attached hydrogen (secondary N) is 1. The predicted octanol–water partition coefficient (Wildman–Crippen LogP) is 1.67. The van der Waals surface area contributed by atoms with E-state index in [1.54, 1.807) is 0 Å². The van der Waals surface area contributed by atoms with Gasteiger partial charge in [-0.2, -0.15) is 0 Å². The minimum atomic E-state index is -0.0445. The van der Waals surface area contributed by atoms with Crippen LogP contribution in [0, 0.1) is 10.8 Å². The molecule has 0 bridgehead atoms. The second-order valence-electron chi connectivity index (χ2n) is 6.62. The Morgan fingerprint density at radius 3 is 2.22 bits per heavy atom. The van der Waals surface area contributed by atoms with E-state index in [0.717, 1.165) is 12.8 Å². The van der Waals surface area contributed by atoms with Crippen molar-refractivity contribution in [2.75, 3.05) is 19.7 Å². The van der Waals surface area contributed by atoms with Crippen LogP contribution in [-0.2, 0) is 4.79 Å². The molecule has 0 aliphatic carbocycles. The normalized spacial score (nSPS) is 12.6. The minimum Gasteiger partial charge on any atom is -0.396 e. The maximum atomic E-state index is 11.7. The van der Waals surface area contributed by atoms with Crippen LogP contribution < -0.4 is 11.1 Å². The Morgan fingerprint density at radius 2 is 1.72 bits per heavy atom. The van der Waals surface area contributed by atoms with Crippen LogP contribution in [-0.4, -0.2) is 30.7 Å². The highest BCUT2D eigenvalue weighted by atomic mass is 16.3. The number of rotatable bonds is 9. The first-order chi connectivity index (χ1) is 8.22. The fourth-order valence-corrected chi connectivity index (χ4v) is 1.78. The van der Waals surface area contributed by atoms with Crippen molar-refractivity contribution in [1.29, 1.82) is 0 Å². The zero-order valence-corrected chi connectivity index (χ0v) is 12.4. The average Bonchev–Trinajstić information content (AvgIpc) is 2.24. The van der Waals surface area contributed by atoms with Gasteiger partial charge < -0.3 is 16.2 Å². The van der Waals surface area contributed by atoms with Crippen molar-refractivity contribution < 1.29 is 9.90 Å². The number of aliphatic hydroxyl groups is 1. The Labute approximate surface area is 111 Å². The third-order valence-corrected chi connectivity index (χ3v) is 3.40. The maximum absolute atomic E-state index is 11.7. The predicted molar refractivity (Wildman–Crippen MR) is 75.2 cm³/mol. The lowest BCUT2D eigenvalue weighted by atomic mass is 9.84. The molecule has 0 aliphatic rings. The summed E-state index contributed by atoms with van der Waals surface area (Å²) in [4.78, 5) is 11.7. The molecule has 0 aromatic heterocycles. The molecule has 0 saturated heterocycles. The summed E-state index contributed by atoms with van der Waals surface area (Å²) in [7, 11) is 0. The van der Waals surface area contributed by atoms with Gasteiger partial charge in [-0.3, -0.25) is 4.79 Å². The highest BCUT2D eigenvalue weighted by Gasteiger charge is 2.20. The zero-order valence-electron chi connectivity index (χ0n) is 12.4. The molecule has 0 rings (SSSR count). The van der Waals surface area contributed by atoms with E-state index < -0.39 is 0 Å². The van der Waals surface area contributed by atoms with Gasteiger partial charge in [0.15, 0.2) is 0 Å². The standard InChI is InChI=1S/C14H30N2O2/c1-13(2,7-9-15)6-5-12(18)16-11-14(3,4)8-10-17/h17H,5-11,15H2,1-4H3,(H,16,18). The number of carbonyl (C=O) groups is 1. The molecule has 108 valence electrons. The highest BCUT2D eigenvalue weighted by Crippen LogP contribution is 2.25. The summed E-state index contributed by atoms with van der Waals surface area (Å²) in [5.74, 6) is 0.0890. The summed E-state index contributed by atoms with van der Waals surface area (Å²) >= 11 is 0. The van der Waals surface area contributed by atoms with Gasteiger partial charge in [-0.25, -0.2) is 0 Å². The molecule has 0 aliphatic heterocycles. The third-order valence-electron chi connectivity index (χ3n) is 3.40. The number of nitrogens with two attached hydrogens (primary N) is 1. The van der Waals surface area contributed by atoms with Crippen LogP contribution in [0.5, 0.6) is 0 Å². The van der Waals surface area contributed by atoms with Gasteiger partial charge in [-0.1, -0.05) is 27.7 Å². The molecule has 0 fully saturated rings. The quantitative estimate of drug-likeness (QED) is 0.589. The second kappa shape index (κ2) is 7.74. The lowest BCUT2D eigenvalue weighted by Gasteiger charge is -2.25. The van der Waals surface area contributed by atoms with E-state index in [1.165, 1.54) is 0 Å². The zero-order chi connectivity index (χ0) is 14.2. The van der Waals surface area contributed by atoms with Crippen LogP contribution >= 0.6 is 0 Å². The summed E-state index contributed by atoms with van der Waals surface area (Å²) < 4.78 is 0. The van der Waals surface area contributed by atoms with Crippen molar-refractivity contribution in [2.24, 2.45) is 16.6 Å². The fourth-order valence-electron chi connectivity index (χ4n) is 1.78. The SMILES string of the molecule is CC(C)(CCN)CCC(=O)NCC(C)(C)CCO. The van der Waals surface area contributed by atoms with Crippen molar-refractivity contribution in [3.63, 3.8) is 0 Å². The highest BCUT2D eigenvalue weighted by molar-refractivity contribution is 5.75. The molecule has 0 spiro atoms. The van der Waals surface area contributed by atoms with E-state index in [-0.39, 0.29) is 23.3 Å². The number of amides is 1. The first-order valence-electron chi connectivity index (χ1n) is 6.80. The van der Waals surface area contributed by atoms with Gasteiger partial charge in [0, 0.05) is 19.6 Å². The van der Waals surface area contributed by atoms with Crippen molar-refractivity contribution >= 4 is 5.91 Å². The first-order valence-corrected chi connectivity index (χ1v) is 6.80. The van der Waals surface area contributed by atoms with Gasteiger partial charge in [0.1, 0.15) is 0 Å². The smallest absolute Gasteiger partial charge is 0.220 e. The number of carbonyl (C=O) groups excluding carboxylic acids is 1. The molecule has 18 heavy (non-hydrogen) atoms. The van der Waals surface area contributed by atoms with Crippen LogP contribution in [0.2, 0.25) is 0 Å². The molecule has 1 amide bonds. The van der Waals surface area contributed by atoms with E-state index in [0.29, 0.717) is 25.9 Å². The molecule has 0 radical (unpaired) electrons. The lowest BCUT2D eigenvalue weighted by Crippen LogP contribution is -2.35. The summed E-state index contributed by atoms with van der Waals surface area (Å²) in [5, 5.41) is 11.9. The van der Waals surface area contributed by atoms with E-state index in [1.807, 2.05) is 13.8 Å². The Hall–Kier alpha value is -0.610. The second-order valence-corrected chi connectivity index (χ2v) is 6.62. The molecule has 0 aromatic rings. The molecule has 4 N–H and O–H groups in total. The van der Waals surface area contributed by atoms with E-state index in [9.17, 15) is 4.79 Å². The molecule has 0 atom stereocenters. The molecular weight excluding hydrogens is 228 g/mol. The summed E-state index contributed by atoms with van der Waals surface area (Å²) in [6, 6.07) is 0. The van der Waals surface area contributed by atoms with Gasteiger partial charge in [0.2, 0.25) is 5.91 Å². The number of aliphatic hydroxyl groups excluding tert-OH is 1. The molecule has 0 saturated carbocycles. The minimum absolute atomic E-state index is 0.0445. The topological polar surface area (TPSA) is 75.4 Å². The van der Waals surface area contributed by atoms with Crippen LogP contribution in [0.25, 0.3) is 0 Å². The van der Waals surface area contributed by atoms with E-state index >= 15 is 0 Å². The summed E-state index contributed by atoms with van der Waals surface area (Å²) in [6.07, 6.45) is 3.04. The van der Waals surface area contributed by atoms with E-state index in [4.69, 9.17) is 10.8 Å². The van der Waals surface area contributed by atoms with Gasteiger partial charge in [-0.05, 0) is 36.6 Å². The van der Waals surface area contributed by atoms with Gasteiger partial charge >= 0.3 is 0 Å². The van der Waals surface area contributed by atoms with Crippen molar-refractivity contribution in [1.82, 2.24) is 5.32 Å². The molecule has 4 nitrogen and oxygen atoms in total. The summed E-state index contributed by atoms with van der Waals surface area (Å²) in [5.41, 5.74) is 5.63. The molecule has 0 aromatic carbocycles. The fraction of sp³-hybridized carbons (Fsp3) is 0.929. The Kier molecular flexibility index (Phi) is 7.48. The van der Waals surface area contributed by atoms with Gasteiger partial charge in [0.05, 0.1) is 0 Å². The monoisotopic (exact) mass is 258 g/mol. The average molecular weight is 258 g/mol. The largest absolute Gasteiger partial charge is 0.396 e. The molecule has 0 heterocycles. The molecule has 4 heteroatoms. The lowest BCUT2D eigenvalue weighted by molar-refractivity contribution is -0.122. The van der Waals surface area contributed by atoms with Crippen molar-refractivity contribution in [3.8, 4) is 0 Å². The third kappa shape index (κ3) is 8.48.